The van der Waals surface area contributed by atoms with Gasteiger partial charge in [-0.3, -0.25) is 4.79 Å². The van der Waals surface area contributed by atoms with E-state index in [1.807, 2.05) is 30.3 Å². The molecule has 1 aromatic carbocycles. The van der Waals surface area contributed by atoms with Crippen molar-refractivity contribution < 1.29 is 13.2 Å². The summed E-state index contributed by atoms with van der Waals surface area (Å²) < 4.78 is 22.8. The molecule has 0 saturated carbocycles. The molecule has 1 saturated heterocycles. The van der Waals surface area contributed by atoms with Crippen LogP contribution in [0.15, 0.2) is 29.8 Å². The monoisotopic (exact) mass is 318 g/mol. The summed E-state index contributed by atoms with van der Waals surface area (Å²) in [6.45, 7) is 2.05. The second-order valence-corrected chi connectivity index (χ2v) is 7.57. The van der Waals surface area contributed by atoms with Crippen LogP contribution in [0.25, 0.3) is 6.08 Å². The molecule has 116 valence electrons. The van der Waals surface area contributed by atoms with Crippen molar-refractivity contribution in [2.24, 2.45) is 0 Å². The van der Waals surface area contributed by atoms with Crippen molar-refractivity contribution in [3.05, 3.63) is 41.0 Å². The topological polar surface area (TPSA) is 87.0 Å². The molecule has 1 aromatic rings. The fourth-order valence-corrected chi connectivity index (χ4v) is 4.01. The summed E-state index contributed by atoms with van der Waals surface area (Å²) in [5.41, 5.74) is 1.92. The Bertz CT molecular complexity index is 728. The van der Waals surface area contributed by atoms with Crippen LogP contribution in [-0.4, -0.2) is 31.9 Å². The largest absolute Gasteiger partial charge is 0.348 e. The summed E-state index contributed by atoms with van der Waals surface area (Å²) in [6, 6.07) is 9.06. The van der Waals surface area contributed by atoms with E-state index in [2.05, 4.69) is 12.2 Å². The molecular weight excluding hydrogens is 300 g/mol. The summed E-state index contributed by atoms with van der Waals surface area (Å²) in [7, 11) is -3.06. The van der Waals surface area contributed by atoms with Crippen LogP contribution in [0.1, 0.15) is 24.5 Å². The molecule has 1 fully saturated rings. The van der Waals surface area contributed by atoms with Crippen LogP contribution in [0.2, 0.25) is 0 Å². The second kappa shape index (κ2) is 6.75. The molecule has 0 aliphatic carbocycles. The van der Waals surface area contributed by atoms with Gasteiger partial charge < -0.3 is 5.32 Å². The number of carbonyl (C=O) groups excluding carboxylic acids is 1. The van der Waals surface area contributed by atoms with Crippen molar-refractivity contribution >= 4 is 21.8 Å². The Labute approximate surface area is 130 Å². The Morgan fingerprint density at radius 3 is 2.59 bits per heavy atom. The smallest absolute Gasteiger partial charge is 0.262 e. The van der Waals surface area contributed by atoms with E-state index in [1.54, 1.807) is 0 Å². The summed E-state index contributed by atoms with van der Waals surface area (Å²) in [4.78, 5) is 12.1. The van der Waals surface area contributed by atoms with Crippen LogP contribution in [0, 0.1) is 11.3 Å². The lowest BCUT2D eigenvalue weighted by Gasteiger charge is -2.09. The van der Waals surface area contributed by atoms with Crippen LogP contribution in [0.5, 0.6) is 0 Å². The predicted octanol–water partition coefficient (Wildman–Crippen LogP) is 1.46. The Balaban J connectivity index is 2.08. The molecule has 1 atom stereocenters. The summed E-state index contributed by atoms with van der Waals surface area (Å²) >= 11 is 0. The maximum Gasteiger partial charge on any atom is 0.262 e. The summed E-state index contributed by atoms with van der Waals surface area (Å²) in [6.07, 6.45) is 2.84. The molecule has 0 aromatic heterocycles. The molecule has 0 spiro atoms. The number of rotatable bonds is 4. The van der Waals surface area contributed by atoms with Crippen LogP contribution < -0.4 is 5.32 Å². The first-order chi connectivity index (χ1) is 10.4. The van der Waals surface area contributed by atoms with Gasteiger partial charge in [0.05, 0.1) is 11.5 Å². The lowest BCUT2D eigenvalue weighted by atomic mass is 10.1. The molecule has 1 N–H and O–H groups in total. The number of sulfone groups is 1. The first-order valence-electron chi connectivity index (χ1n) is 7.15. The zero-order chi connectivity index (χ0) is 16.2. The van der Waals surface area contributed by atoms with Crippen molar-refractivity contribution in [3.8, 4) is 6.07 Å². The van der Waals surface area contributed by atoms with Gasteiger partial charge in [0.25, 0.3) is 5.91 Å². The van der Waals surface area contributed by atoms with Crippen molar-refractivity contribution in [2.45, 2.75) is 25.8 Å². The van der Waals surface area contributed by atoms with Crippen molar-refractivity contribution in [1.82, 2.24) is 5.32 Å². The number of aryl methyl sites for hydroxylation is 1. The van der Waals surface area contributed by atoms with E-state index in [1.165, 1.54) is 11.6 Å². The van der Waals surface area contributed by atoms with Gasteiger partial charge in [-0.2, -0.15) is 5.26 Å². The third-order valence-electron chi connectivity index (χ3n) is 3.63. The highest BCUT2D eigenvalue weighted by Crippen LogP contribution is 2.13. The number of nitrogens with zero attached hydrogens (tertiary/aromatic N) is 1. The molecule has 1 aliphatic rings. The van der Waals surface area contributed by atoms with Gasteiger partial charge in [0.1, 0.15) is 11.6 Å². The SMILES string of the molecule is CCc1ccc(/C=C(/C#N)C(=O)N[C@H]2CCS(=O)(=O)C2)cc1. The molecule has 22 heavy (non-hydrogen) atoms. The van der Waals surface area contributed by atoms with Crippen LogP contribution >= 0.6 is 0 Å². The van der Waals surface area contributed by atoms with E-state index >= 15 is 0 Å². The fraction of sp³-hybridized carbons (Fsp3) is 0.375. The average molecular weight is 318 g/mol. The van der Waals surface area contributed by atoms with E-state index in [9.17, 15) is 13.2 Å². The predicted molar refractivity (Wildman–Crippen MR) is 84.6 cm³/mol. The first-order valence-corrected chi connectivity index (χ1v) is 8.97. The van der Waals surface area contributed by atoms with Crippen LogP contribution in [-0.2, 0) is 21.1 Å². The van der Waals surface area contributed by atoms with E-state index in [0.717, 1.165) is 12.0 Å². The zero-order valence-electron chi connectivity index (χ0n) is 12.4. The maximum absolute atomic E-state index is 12.1. The summed E-state index contributed by atoms with van der Waals surface area (Å²) in [5.74, 6) is -0.492. The van der Waals surface area contributed by atoms with Gasteiger partial charge >= 0.3 is 0 Å². The number of carbonyl (C=O) groups is 1. The van der Waals surface area contributed by atoms with E-state index in [4.69, 9.17) is 5.26 Å². The number of benzene rings is 1. The number of hydrogen-bond acceptors (Lipinski definition) is 4. The van der Waals surface area contributed by atoms with Crippen molar-refractivity contribution in [2.75, 3.05) is 11.5 Å². The maximum atomic E-state index is 12.1. The van der Waals surface area contributed by atoms with Crippen molar-refractivity contribution in [3.63, 3.8) is 0 Å². The molecule has 0 unspecified atom stereocenters. The fourth-order valence-electron chi connectivity index (χ4n) is 2.34. The molecule has 5 nitrogen and oxygen atoms in total. The third-order valence-corrected chi connectivity index (χ3v) is 5.40. The van der Waals surface area contributed by atoms with Gasteiger partial charge in [-0.25, -0.2) is 8.42 Å². The Hall–Kier alpha value is -2.13. The van der Waals surface area contributed by atoms with Gasteiger partial charge in [-0.1, -0.05) is 31.2 Å². The van der Waals surface area contributed by atoms with Gasteiger partial charge in [0.15, 0.2) is 9.84 Å². The molecule has 2 rings (SSSR count). The molecule has 1 aliphatic heterocycles. The average Bonchev–Trinajstić information content (AvgIpc) is 2.84. The third kappa shape index (κ3) is 4.18. The number of nitrogens with one attached hydrogen (secondary N) is 1. The van der Waals surface area contributed by atoms with Crippen molar-refractivity contribution in [1.29, 1.82) is 5.26 Å². The number of amides is 1. The lowest BCUT2D eigenvalue weighted by molar-refractivity contribution is -0.117. The molecular formula is C16H18N2O3S. The minimum Gasteiger partial charge on any atom is -0.348 e. The lowest BCUT2D eigenvalue weighted by Crippen LogP contribution is -2.36. The Morgan fingerprint density at radius 2 is 2.09 bits per heavy atom. The number of nitriles is 1. The van der Waals surface area contributed by atoms with E-state index in [-0.39, 0.29) is 17.1 Å². The van der Waals surface area contributed by atoms with E-state index < -0.39 is 21.8 Å². The molecule has 0 bridgehead atoms. The molecule has 1 heterocycles. The Morgan fingerprint density at radius 1 is 1.41 bits per heavy atom. The normalized spacial score (nSPS) is 20.4. The van der Waals surface area contributed by atoms with Gasteiger partial charge in [-0.05, 0) is 30.0 Å². The number of hydrogen-bond donors (Lipinski definition) is 1. The van der Waals surface area contributed by atoms with Gasteiger partial charge in [0, 0.05) is 6.04 Å². The minimum atomic E-state index is -3.06. The molecule has 0 radical (unpaired) electrons. The Kier molecular flexibility index (Phi) is 4.99. The van der Waals surface area contributed by atoms with Gasteiger partial charge in [-0.15, -0.1) is 0 Å². The molecule has 1 amide bonds. The quantitative estimate of drug-likeness (QED) is 0.672. The standard InChI is InChI=1S/C16H18N2O3S/c1-2-12-3-5-13(6-4-12)9-14(10-17)16(19)18-15-7-8-22(20,21)11-15/h3-6,9,15H,2,7-8,11H2,1H3,(H,18,19)/b14-9-/t15-/m0/s1. The highest BCUT2D eigenvalue weighted by molar-refractivity contribution is 7.91. The van der Waals surface area contributed by atoms with E-state index in [0.29, 0.717) is 6.42 Å². The minimum absolute atomic E-state index is 0.0199. The van der Waals surface area contributed by atoms with Crippen LogP contribution in [0.4, 0.5) is 0 Å². The summed E-state index contributed by atoms with van der Waals surface area (Å²) in [5, 5.41) is 11.8. The van der Waals surface area contributed by atoms with Crippen LogP contribution in [0.3, 0.4) is 0 Å². The second-order valence-electron chi connectivity index (χ2n) is 5.34. The zero-order valence-corrected chi connectivity index (χ0v) is 13.2. The highest BCUT2D eigenvalue weighted by atomic mass is 32.2. The molecule has 6 heteroatoms. The first kappa shape index (κ1) is 16.2. The van der Waals surface area contributed by atoms with Gasteiger partial charge in [0.2, 0.25) is 0 Å². The highest BCUT2D eigenvalue weighted by Gasteiger charge is 2.29.